The molecule has 2 rings (SSSR count). The minimum atomic E-state index is -0.332. The first-order chi connectivity index (χ1) is 11.3. The molecule has 1 aliphatic heterocycles. The van der Waals surface area contributed by atoms with E-state index in [4.69, 9.17) is 9.47 Å². The summed E-state index contributed by atoms with van der Waals surface area (Å²) in [5, 5.41) is 6.42. The molecule has 0 saturated carbocycles. The van der Waals surface area contributed by atoms with Gasteiger partial charge in [-0.1, -0.05) is 43.2 Å². The van der Waals surface area contributed by atoms with Crippen molar-refractivity contribution in [3.63, 3.8) is 0 Å². The molecule has 0 spiro atoms. The largest absolute Gasteiger partial charge is 0.445 e. The molecule has 1 saturated heterocycles. The Labute approximate surface area is 138 Å². The van der Waals surface area contributed by atoms with Crippen LogP contribution < -0.4 is 10.6 Å². The van der Waals surface area contributed by atoms with E-state index in [2.05, 4.69) is 10.6 Å². The van der Waals surface area contributed by atoms with Crippen LogP contribution in [0.4, 0.5) is 4.79 Å². The third kappa shape index (κ3) is 7.01. The molecule has 1 amide bonds. The highest BCUT2D eigenvalue weighted by Gasteiger charge is 2.25. The number of benzene rings is 1. The Hall–Kier alpha value is -1.59. The number of amides is 1. The van der Waals surface area contributed by atoms with E-state index >= 15 is 0 Å². The zero-order valence-electron chi connectivity index (χ0n) is 13.9. The van der Waals surface area contributed by atoms with Crippen molar-refractivity contribution in [1.82, 2.24) is 10.6 Å². The summed E-state index contributed by atoms with van der Waals surface area (Å²) in [6.45, 7) is 1.98. The smallest absolute Gasteiger partial charge is 0.407 e. The molecule has 2 N–H and O–H groups in total. The van der Waals surface area contributed by atoms with E-state index in [0.29, 0.717) is 12.6 Å². The van der Waals surface area contributed by atoms with Gasteiger partial charge < -0.3 is 20.1 Å². The van der Waals surface area contributed by atoms with Gasteiger partial charge in [0.1, 0.15) is 6.61 Å². The van der Waals surface area contributed by atoms with Gasteiger partial charge in [0.05, 0.1) is 0 Å². The summed E-state index contributed by atoms with van der Waals surface area (Å²) in [6, 6.07) is 10.4. The number of unbranched alkanes of at least 4 members (excludes halogenated alkanes) is 2. The van der Waals surface area contributed by atoms with Gasteiger partial charge in [0, 0.05) is 32.3 Å². The number of hydrogen-bond acceptors (Lipinski definition) is 4. The Morgan fingerprint density at radius 3 is 2.87 bits per heavy atom. The van der Waals surface area contributed by atoms with Crippen molar-refractivity contribution < 1.29 is 14.3 Å². The maximum absolute atomic E-state index is 11.8. The van der Waals surface area contributed by atoms with Crippen LogP contribution in [0.5, 0.6) is 0 Å². The Balaban J connectivity index is 1.56. The van der Waals surface area contributed by atoms with E-state index in [1.54, 1.807) is 7.11 Å². The first kappa shape index (κ1) is 17.8. The van der Waals surface area contributed by atoms with Crippen molar-refractivity contribution >= 4 is 6.09 Å². The van der Waals surface area contributed by atoms with Gasteiger partial charge in [0.25, 0.3) is 0 Å². The fraction of sp³-hybridized carbons (Fsp3) is 0.611. The number of hydrogen-bond donors (Lipinski definition) is 2. The Bertz CT molecular complexity index is 453. The highest BCUT2D eigenvalue weighted by molar-refractivity contribution is 5.67. The van der Waals surface area contributed by atoms with Gasteiger partial charge in [-0.15, -0.1) is 0 Å². The molecule has 0 bridgehead atoms. The molecule has 0 aliphatic carbocycles. The molecule has 1 aliphatic rings. The third-order valence-corrected chi connectivity index (χ3v) is 4.16. The lowest BCUT2D eigenvalue weighted by molar-refractivity contribution is 0.136. The molecule has 23 heavy (non-hydrogen) atoms. The standard InChI is InChI=1S/C18H28N2O3/c1-22-11-7-3-6-10-16-12-17(13-19-16)20-18(21)23-14-15-8-4-2-5-9-15/h2,4-5,8-9,16-17,19H,3,6-7,10-14H2,1H3,(H,20,21)/t16-,17+/m0/s1. The molecule has 0 unspecified atom stereocenters. The molecular weight excluding hydrogens is 292 g/mol. The topological polar surface area (TPSA) is 59.6 Å². The third-order valence-electron chi connectivity index (χ3n) is 4.16. The minimum absolute atomic E-state index is 0.169. The highest BCUT2D eigenvalue weighted by Crippen LogP contribution is 2.14. The summed E-state index contributed by atoms with van der Waals surface area (Å²) in [5.74, 6) is 0. The van der Waals surface area contributed by atoms with E-state index in [9.17, 15) is 4.79 Å². The predicted octanol–water partition coefficient (Wildman–Crippen LogP) is 2.85. The zero-order chi connectivity index (χ0) is 16.3. The van der Waals surface area contributed by atoms with Crippen LogP contribution in [-0.2, 0) is 16.1 Å². The van der Waals surface area contributed by atoms with Gasteiger partial charge in [-0.05, 0) is 24.8 Å². The van der Waals surface area contributed by atoms with Gasteiger partial charge in [-0.2, -0.15) is 0 Å². The van der Waals surface area contributed by atoms with Crippen LogP contribution >= 0.6 is 0 Å². The molecule has 128 valence electrons. The Morgan fingerprint density at radius 1 is 1.26 bits per heavy atom. The fourth-order valence-electron chi connectivity index (χ4n) is 2.89. The maximum Gasteiger partial charge on any atom is 0.407 e. The van der Waals surface area contributed by atoms with E-state index in [0.717, 1.165) is 38.0 Å². The van der Waals surface area contributed by atoms with Gasteiger partial charge in [-0.3, -0.25) is 0 Å². The number of rotatable bonds is 9. The van der Waals surface area contributed by atoms with Crippen LogP contribution in [0.15, 0.2) is 30.3 Å². The molecule has 5 heteroatoms. The van der Waals surface area contributed by atoms with E-state index in [-0.39, 0.29) is 12.1 Å². The van der Waals surface area contributed by atoms with Crippen molar-refractivity contribution in [2.75, 3.05) is 20.3 Å². The Kier molecular flexibility index (Phi) is 7.90. The molecule has 1 aromatic carbocycles. The lowest BCUT2D eigenvalue weighted by Crippen LogP contribution is -2.36. The number of methoxy groups -OCH3 is 1. The van der Waals surface area contributed by atoms with Crippen molar-refractivity contribution in [3.05, 3.63) is 35.9 Å². The molecule has 5 nitrogen and oxygen atoms in total. The molecular formula is C18H28N2O3. The van der Waals surface area contributed by atoms with Crippen LogP contribution in [0, 0.1) is 0 Å². The first-order valence-corrected chi connectivity index (χ1v) is 8.47. The van der Waals surface area contributed by atoms with Crippen LogP contribution in [-0.4, -0.2) is 38.4 Å². The van der Waals surface area contributed by atoms with Crippen LogP contribution in [0.3, 0.4) is 0 Å². The van der Waals surface area contributed by atoms with Crippen molar-refractivity contribution in [3.8, 4) is 0 Å². The summed E-state index contributed by atoms with van der Waals surface area (Å²) < 4.78 is 10.3. The normalized spacial score (nSPS) is 20.4. The average molecular weight is 320 g/mol. The number of carbonyl (C=O) groups is 1. The SMILES string of the molecule is COCCCCC[C@H]1C[C@@H](NC(=O)OCc2ccccc2)CN1. The molecule has 1 aromatic rings. The second kappa shape index (κ2) is 10.2. The minimum Gasteiger partial charge on any atom is -0.445 e. The van der Waals surface area contributed by atoms with Crippen LogP contribution in [0.1, 0.15) is 37.7 Å². The predicted molar refractivity (Wildman–Crippen MR) is 90.3 cm³/mol. The van der Waals surface area contributed by atoms with Gasteiger partial charge >= 0.3 is 6.09 Å². The molecule has 0 aromatic heterocycles. The molecule has 2 atom stereocenters. The summed E-state index contributed by atoms with van der Waals surface area (Å²) in [7, 11) is 1.74. The van der Waals surface area contributed by atoms with Gasteiger partial charge in [-0.25, -0.2) is 4.79 Å². The second-order valence-electron chi connectivity index (χ2n) is 6.09. The molecule has 1 fully saturated rings. The number of carbonyl (C=O) groups excluding carboxylic acids is 1. The average Bonchev–Trinajstić information content (AvgIpc) is 3.01. The number of alkyl carbamates (subject to hydrolysis) is 1. The summed E-state index contributed by atoms with van der Waals surface area (Å²) in [5.41, 5.74) is 1.00. The van der Waals surface area contributed by atoms with Crippen LogP contribution in [0.25, 0.3) is 0 Å². The summed E-state index contributed by atoms with van der Waals surface area (Å²) >= 11 is 0. The fourth-order valence-corrected chi connectivity index (χ4v) is 2.89. The van der Waals surface area contributed by atoms with Crippen LogP contribution in [0.2, 0.25) is 0 Å². The maximum atomic E-state index is 11.8. The Morgan fingerprint density at radius 2 is 2.09 bits per heavy atom. The van der Waals surface area contributed by atoms with E-state index in [1.807, 2.05) is 30.3 Å². The zero-order valence-corrected chi connectivity index (χ0v) is 13.9. The van der Waals surface area contributed by atoms with E-state index in [1.165, 1.54) is 12.8 Å². The second-order valence-corrected chi connectivity index (χ2v) is 6.09. The van der Waals surface area contributed by atoms with Crippen molar-refractivity contribution in [2.24, 2.45) is 0 Å². The van der Waals surface area contributed by atoms with Gasteiger partial charge in [0.2, 0.25) is 0 Å². The van der Waals surface area contributed by atoms with E-state index < -0.39 is 0 Å². The lowest BCUT2D eigenvalue weighted by Gasteiger charge is -2.13. The first-order valence-electron chi connectivity index (χ1n) is 8.47. The van der Waals surface area contributed by atoms with Crippen molar-refractivity contribution in [1.29, 1.82) is 0 Å². The number of nitrogens with one attached hydrogen (secondary N) is 2. The summed E-state index contributed by atoms with van der Waals surface area (Å²) in [4.78, 5) is 11.8. The molecule has 0 radical (unpaired) electrons. The monoisotopic (exact) mass is 320 g/mol. The van der Waals surface area contributed by atoms with Gasteiger partial charge in [0.15, 0.2) is 0 Å². The highest BCUT2D eigenvalue weighted by atomic mass is 16.5. The molecule has 1 heterocycles. The summed E-state index contributed by atoms with van der Waals surface area (Å²) in [6.07, 6.45) is 5.32. The lowest BCUT2D eigenvalue weighted by atomic mass is 10.1. The quantitative estimate of drug-likeness (QED) is 0.687. The van der Waals surface area contributed by atoms with Crippen molar-refractivity contribution in [2.45, 2.75) is 50.8 Å². The number of ether oxygens (including phenoxy) is 2.